The van der Waals surface area contributed by atoms with Crippen LogP contribution in [-0.4, -0.2) is 0 Å². The first-order chi connectivity index (χ1) is 9.23. The first-order valence-electron chi connectivity index (χ1n) is 6.60. The molecule has 2 heteroatoms. The maximum atomic E-state index is 13.7. The van der Waals surface area contributed by atoms with E-state index in [0.717, 1.165) is 22.3 Å². The van der Waals surface area contributed by atoms with E-state index >= 15 is 0 Å². The highest BCUT2D eigenvalue weighted by molar-refractivity contribution is 7.82. The van der Waals surface area contributed by atoms with Crippen molar-refractivity contribution in [2.75, 3.05) is 0 Å². The van der Waals surface area contributed by atoms with Gasteiger partial charge >= 0.3 is 0 Å². The van der Waals surface area contributed by atoms with Crippen LogP contribution < -0.4 is 10.6 Å². The molecule has 0 atom stereocenters. The van der Waals surface area contributed by atoms with Crippen molar-refractivity contribution < 1.29 is 4.57 Å². The van der Waals surface area contributed by atoms with Gasteiger partial charge < -0.3 is 4.57 Å². The van der Waals surface area contributed by atoms with E-state index < -0.39 is 7.14 Å². The maximum Gasteiger partial charge on any atom is 0.166 e. The molecule has 0 aliphatic heterocycles. The summed E-state index contributed by atoms with van der Waals surface area (Å²) in [7, 11) is -2.67. The van der Waals surface area contributed by atoms with E-state index in [0.29, 0.717) is 0 Å². The van der Waals surface area contributed by atoms with Crippen LogP contribution in [0.4, 0.5) is 0 Å². The average Bonchev–Trinajstić information content (AvgIpc) is 2.50. The van der Waals surface area contributed by atoms with Crippen LogP contribution in [0, 0.1) is 0 Å². The third kappa shape index (κ3) is 2.57. The highest BCUT2D eigenvalue weighted by atomic mass is 31.2. The van der Waals surface area contributed by atoms with Crippen LogP contribution in [0.15, 0.2) is 72.1 Å². The summed E-state index contributed by atoms with van der Waals surface area (Å²) < 4.78 is 13.7. The SMILES string of the molecule is C/C=C(\CC)P(=O)(c1ccccc1)c1ccccc1. The average molecular weight is 270 g/mol. The molecule has 0 saturated carbocycles. The lowest BCUT2D eigenvalue weighted by Gasteiger charge is -2.21. The van der Waals surface area contributed by atoms with Crippen molar-refractivity contribution in [2.24, 2.45) is 0 Å². The molecular formula is C17H19OP. The van der Waals surface area contributed by atoms with Gasteiger partial charge in [-0.3, -0.25) is 0 Å². The minimum absolute atomic E-state index is 0.803. The van der Waals surface area contributed by atoms with Crippen LogP contribution in [0.2, 0.25) is 0 Å². The van der Waals surface area contributed by atoms with Crippen LogP contribution in [-0.2, 0) is 4.57 Å². The van der Waals surface area contributed by atoms with E-state index in [2.05, 4.69) is 6.92 Å². The van der Waals surface area contributed by atoms with Crippen LogP contribution in [0.25, 0.3) is 0 Å². The predicted molar refractivity (Wildman–Crippen MR) is 83.8 cm³/mol. The number of hydrogen-bond acceptors (Lipinski definition) is 1. The van der Waals surface area contributed by atoms with Gasteiger partial charge in [0.25, 0.3) is 0 Å². The molecule has 2 rings (SSSR count). The Balaban J connectivity index is 2.68. The van der Waals surface area contributed by atoms with Crippen molar-refractivity contribution >= 4 is 17.8 Å². The molecule has 19 heavy (non-hydrogen) atoms. The molecule has 2 aromatic carbocycles. The maximum absolute atomic E-state index is 13.7. The second kappa shape index (κ2) is 6.04. The highest BCUT2D eigenvalue weighted by Gasteiger charge is 2.29. The summed E-state index contributed by atoms with van der Waals surface area (Å²) in [4.78, 5) is 0. The van der Waals surface area contributed by atoms with Crippen LogP contribution >= 0.6 is 7.14 Å². The molecule has 0 aliphatic rings. The molecule has 2 aromatic rings. The van der Waals surface area contributed by atoms with E-state index in [-0.39, 0.29) is 0 Å². The number of hydrogen-bond donors (Lipinski definition) is 0. The molecule has 0 saturated heterocycles. The molecule has 98 valence electrons. The van der Waals surface area contributed by atoms with E-state index in [4.69, 9.17) is 0 Å². The van der Waals surface area contributed by atoms with E-state index in [9.17, 15) is 4.57 Å². The fourth-order valence-corrected chi connectivity index (χ4v) is 5.32. The zero-order chi connectivity index (χ0) is 13.7. The molecule has 1 nitrogen and oxygen atoms in total. The summed E-state index contributed by atoms with van der Waals surface area (Å²) >= 11 is 0. The molecule has 0 aromatic heterocycles. The number of benzene rings is 2. The van der Waals surface area contributed by atoms with Gasteiger partial charge in [0.2, 0.25) is 0 Å². The van der Waals surface area contributed by atoms with Crippen molar-refractivity contribution in [2.45, 2.75) is 20.3 Å². The van der Waals surface area contributed by atoms with Gasteiger partial charge in [0.15, 0.2) is 7.14 Å². The highest BCUT2D eigenvalue weighted by Crippen LogP contribution is 2.52. The Hall–Kier alpha value is -1.59. The van der Waals surface area contributed by atoms with Gasteiger partial charge in [-0.05, 0) is 18.7 Å². The van der Waals surface area contributed by atoms with Crippen LogP contribution in [0.3, 0.4) is 0 Å². The molecule has 0 N–H and O–H groups in total. The summed E-state index contributed by atoms with van der Waals surface area (Å²) in [6.07, 6.45) is 2.80. The Bertz CT molecular complexity index is 556. The third-order valence-corrected chi connectivity index (χ3v) is 6.77. The topological polar surface area (TPSA) is 17.1 Å². The molecule has 0 aliphatic carbocycles. The van der Waals surface area contributed by atoms with Crippen molar-refractivity contribution in [3.8, 4) is 0 Å². The van der Waals surface area contributed by atoms with Crippen LogP contribution in [0.1, 0.15) is 20.3 Å². The minimum Gasteiger partial charge on any atom is -0.309 e. The Morgan fingerprint density at radius 3 is 1.68 bits per heavy atom. The summed E-state index contributed by atoms with van der Waals surface area (Å²) in [5.74, 6) is 0. The lowest BCUT2D eigenvalue weighted by molar-refractivity contribution is 0.589. The predicted octanol–water partition coefficient (Wildman–Crippen LogP) is 4.31. The smallest absolute Gasteiger partial charge is 0.166 e. The molecule has 0 spiro atoms. The molecule has 0 unspecified atom stereocenters. The summed E-state index contributed by atoms with van der Waals surface area (Å²) in [6.45, 7) is 4.03. The molecular weight excluding hydrogens is 251 g/mol. The van der Waals surface area contributed by atoms with Gasteiger partial charge in [0.1, 0.15) is 0 Å². The van der Waals surface area contributed by atoms with Crippen molar-refractivity contribution in [3.63, 3.8) is 0 Å². The van der Waals surface area contributed by atoms with Gasteiger partial charge in [-0.15, -0.1) is 0 Å². The summed E-state index contributed by atoms with van der Waals surface area (Å²) in [6, 6.07) is 19.6. The Labute approximate surface area is 115 Å². The Morgan fingerprint density at radius 1 is 0.947 bits per heavy atom. The van der Waals surface area contributed by atoms with Gasteiger partial charge in [-0.1, -0.05) is 73.7 Å². The summed E-state index contributed by atoms with van der Waals surface area (Å²) in [5, 5.41) is 2.84. The van der Waals surface area contributed by atoms with Crippen molar-refractivity contribution in [1.29, 1.82) is 0 Å². The monoisotopic (exact) mass is 270 g/mol. The van der Waals surface area contributed by atoms with E-state index in [1.807, 2.05) is 73.7 Å². The lowest BCUT2D eigenvalue weighted by atomic mass is 10.4. The lowest BCUT2D eigenvalue weighted by Crippen LogP contribution is -2.17. The zero-order valence-corrected chi connectivity index (χ0v) is 12.3. The fraction of sp³-hybridized carbons (Fsp3) is 0.176. The molecule has 0 fully saturated rings. The Morgan fingerprint density at radius 2 is 1.37 bits per heavy atom. The molecule has 0 heterocycles. The van der Waals surface area contributed by atoms with E-state index in [1.54, 1.807) is 0 Å². The minimum atomic E-state index is -2.67. The van der Waals surface area contributed by atoms with Gasteiger partial charge in [-0.2, -0.15) is 0 Å². The van der Waals surface area contributed by atoms with Crippen LogP contribution in [0.5, 0.6) is 0 Å². The van der Waals surface area contributed by atoms with Gasteiger partial charge in [0.05, 0.1) is 0 Å². The normalized spacial score (nSPS) is 12.4. The number of allylic oxidation sites excluding steroid dienone is 2. The quantitative estimate of drug-likeness (QED) is 0.756. The first-order valence-corrected chi connectivity index (χ1v) is 8.31. The largest absolute Gasteiger partial charge is 0.309 e. The van der Waals surface area contributed by atoms with Gasteiger partial charge in [-0.25, -0.2) is 0 Å². The Kier molecular flexibility index (Phi) is 4.39. The molecule has 0 bridgehead atoms. The second-order valence-corrected chi connectivity index (χ2v) is 7.24. The van der Waals surface area contributed by atoms with Crippen molar-refractivity contribution in [1.82, 2.24) is 0 Å². The van der Waals surface area contributed by atoms with E-state index in [1.165, 1.54) is 0 Å². The summed E-state index contributed by atoms with van der Waals surface area (Å²) in [5.41, 5.74) is 0. The van der Waals surface area contributed by atoms with Gasteiger partial charge in [0, 0.05) is 10.6 Å². The standard InChI is InChI=1S/C17H19OP/c1-3-15(4-2)19(18,16-11-7-5-8-12-16)17-13-9-6-10-14-17/h3,5-14H,4H2,1-2H3/b15-3+. The first kappa shape index (κ1) is 13.8. The van der Waals surface area contributed by atoms with Crippen molar-refractivity contribution in [3.05, 3.63) is 72.1 Å². The molecule has 0 amide bonds. The second-order valence-electron chi connectivity index (χ2n) is 4.41. The zero-order valence-electron chi connectivity index (χ0n) is 11.4. The fourth-order valence-electron chi connectivity index (χ4n) is 2.37. The molecule has 0 radical (unpaired) electrons. The third-order valence-electron chi connectivity index (χ3n) is 3.34. The number of rotatable bonds is 4.